The maximum Gasteiger partial charge on any atom is 0.119 e. The third-order valence-electron chi connectivity index (χ3n) is 2.87. The molecule has 1 heterocycles. The van der Waals surface area contributed by atoms with Crippen molar-refractivity contribution in [3.63, 3.8) is 0 Å². The average molecular weight is 231 g/mol. The molecule has 0 aliphatic heterocycles. The molecule has 2 rings (SSSR count). The van der Waals surface area contributed by atoms with Gasteiger partial charge in [-0.05, 0) is 38.2 Å². The second kappa shape index (κ2) is 5.01. The summed E-state index contributed by atoms with van der Waals surface area (Å²) in [5.41, 5.74) is 2.20. The minimum Gasteiger partial charge on any atom is -0.497 e. The summed E-state index contributed by atoms with van der Waals surface area (Å²) in [5, 5.41) is 7.54. The summed E-state index contributed by atoms with van der Waals surface area (Å²) in [7, 11) is 3.60. The first-order valence-corrected chi connectivity index (χ1v) is 5.61. The molecule has 1 unspecified atom stereocenters. The molecule has 90 valence electrons. The smallest absolute Gasteiger partial charge is 0.119 e. The number of nitrogens with one attached hydrogen (secondary N) is 1. The lowest BCUT2D eigenvalue weighted by molar-refractivity contribution is 0.414. The zero-order valence-electron chi connectivity index (χ0n) is 10.3. The molecule has 0 aliphatic carbocycles. The lowest BCUT2D eigenvalue weighted by Gasteiger charge is -2.06. The maximum absolute atomic E-state index is 5.13. The molecule has 0 radical (unpaired) electrons. The van der Waals surface area contributed by atoms with Crippen molar-refractivity contribution in [1.82, 2.24) is 15.1 Å². The summed E-state index contributed by atoms with van der Waals surface area (Å²) in [6.07, 6.45) is 3.91. The monoisotopic (exact) mass is 231 g/mol. The fourth-order valence-electron chi connectivity index (χ4n) is 1.60. The number of aromatic nitrogens is 2. The van der Waals surface area contributed by atoms with Gasteiger partial charge in [0.15, 0.2) is 0 Å². The van der Waals surface area contributed by atoms with Crippen LogP contribution in [0.4, 0.5) is 0 Å². The highest BCUT2D eigenvalue weighted by Crippen LogP contribution is 2.16. The molecule has 0 aliphatic rings. The van der Waals surface area contributed by atoms with Gasteiger partial charge in [0.25, 0.3) is 0 Å². The van der Waals surface area contributed by atoms with Gasteiger partial charge in [0.1, 0.15) is 5.75 Å². The van der Waals surface area contributed by atoms with Crippen molar-refractivity contribution in [1.29, 1.82) is 0 Å². The second-order valence-corrected chi connectivity index (χ2v) is 3.93. The predicted octanol–water partition coefficient (Wildman–Crippen LogP) is 2.16. The Bertz CT molecular complexity index is 476. The van der Waals surface area contributed by atoms with E-state index in [4.69, 9.17) is 4.74 Å². The van der Waals surface area contributed by atoms with E-state index in [1.54, 1.807) is 7.11 Å². The molecular formula is C13H17N3O. The standard InChI is InChI=1S/C13H17N3O/c1-10(14-2)11-8-15-16(9-11)12-4-6-13(17-3)7-5-12/h4-10,14H,1-3H3. The number of hydrogen-bond donors (Lipinski definition) is 1. The van der Waals surface area contributed by atoms with E-state index in [-0.39, 0.29) is 0 Å². The molecule has 4 heteroatoms. The Hall–Kier alpha value is -1.81. The van der Waals surface area contributed by atoms with Gasteiger partial charge in [-0.25, -0.2) is 4.68 Å². The van der Waals surface area contributed by atoms with Gasteiger partial charge >= 0.3 is 0 Å². The minimum atomic E-state index is 0.307. The minimum absolute atomic E-state index is 0.307. The van der Waals surface area contributed by atoms with Gasteiger partial charge in [-0.15, -0.1) is 0 Å². The molecule has 0 saturated carbocycles. The van der Waals surface area contributed by atoms with E-state index in [1.165, 1.54) is 5.56 Å². The number of hydrogen-bond acceptors (Lipinski definition) is 3. The lowest BCUT2D eigenvalue weighted by Crippen LogP contribution is -2.11. The maximum atomic E-state index is 5.13. The third-order valence-corrected chi connectivity index (χ3v) is 2.87. The first-order chi connectivity index (χ1) is 8.24. The molecule has 1 atom stereocenters. The molecule has 0 spiro atoms. The van der Waals surface area contributed by atoms with Crippen LogP contribution in [-0.2, 0) is 0 Å². The van der Waals surface area contributed by atoms with Crippen LogP contribution in [-0.4, -0.2) is 23.9 Å². The number of ether oxygens (including phenoxy) is 1. The van der Waals surface area contributed by atoms with Crippen LogP contribution in [0.5, 0.6) is 5.75 Å². The number of nitrogens with zero attached hydrogens (tertiary/aromatic N) is 2. The Morgan fingerprint density at radius 3 is 2.59 bits per heavy atom. The molecule has 0 bridgehead atoms. The normalized spacial score (nSPS) is 12.4. The molecular weight excluding hydrogens is 214 g/mol. The first kappa shape index (κ1) is 11.7. The Balaban J connectivity index is 2.24. The van der Waals surface area contributed by atoms with Crippen molar-refractivity contribution >= 4 is 0 Å². The SMILES string of the molecule is CNC(C)c1cnn(-c2ccc(OC)cc2)c1. The van der Waals surface area contributed by atoms with Gasteiger partial charge in [-0.1, -0.05) is 0 Å². The largest absolute Gasteiger partial charge is 0.497 e. The highest BCUT2D eigenvalue weighted by Gasteiger charge is 2.06. The van der Waals surface area contributed by atoms with Crippen molar-refractivity contribution < 1.29 is 4.74 Å². The van der Waals surface area contributed by atoms with Crippen LogP contribution in [0, 0.1) is 0 Å². The van der Waals surface area contributed by atoms with Crippen molar-refractivity contribution in [2.75, 3.05) is 14.2 Å². The topological polar surface area (TPSA) is 39.1 Å². The van der Waals surface area contributed by atoms with E-state index in [1.807, 2.05) is 48.4 Å². The van der Waals surface area contributed by atoms with Gasteiger partial charge in [-0.2, -0.15) is 5.10 Å². The highest BCUT2D eigenvalue weighted by molar-refractivity contribution is 5.37. The zero-order chi connectivity index (χ0) is 12.3. The van der Waals surface area contributed by atoms with Crippen LogP contribution in [0.25, 0.3) is 5.69 Å². The quantitative estimate of drug-likeness (QED) is 0.876. The van der Waals surface area contributed by atoms with Crippen LogP contribution in [0.15, 0.2) is 36.7 Å². The Morgan fingerprint density at radius 2 is 2.00 bits per heavy atom. The molecule has 1 aromatic heterocycles. The third kappa shape index (κ3) is 2.47. The van der Waals surface area contributed by atoms with Gasteiger partial charge in [-0.3, -0.25) is 0 Å². The van der Waals surface area contributed by atoms with Gasteiger partial charge in [0, 0.05) is 17.8 Å². The van der Waals surface area contributed by atoms with Crippen LogP contribution >= 0.6 is 0 Å². The van der Waals surface area contributed by atoms with E-state index >= 15 is 0 Å². The summed E-state index contributed by atoms with van der Waals surface area (Å²) in [6, 6.07) is 8.14. The van der Waals surface area contributed by atoms with Crippen LogP contribution in [0.2, 0.25) is 0 Å². The predicted molar refractivity (Wildman–Crippen MR) is 67.6 cm³/mol. The summed E-state index contributed by atoms with van der Waals surface area (Å²) in [4.78, 5) is 0. The number of rotatable bonds is 4. The van der Waals surface area contributed by atoms with E-state index < -0.39 is 0 Å². The molecule has 1 aromatic carbocycles. The van der Waals surface area contributed by atoms with E-state index in [0.717, 1.165) is 11.4 Å². The highest BCUT2D eigenvalue weighted by atomic mass is 16.5. The fourth-order valence-corrected chi connectivity index (χ4v) is 1.60. The van der Waals surface area contributed by atoms with Crippen molar-refractivity contribution in [3.8, 4) is 11.4 Å². The second-order valence-electron chi connectivity index (χ2n) is 3.93. The van der Waals surface area contributed by atoms with Crippen LogP contribution in [0.3, 0.4) is 0 Å². The molecule has 0 fully saturated rings. The molecule has 2 aromatic rings. The molecule has 1 N–H and O–H groups in total. The summed E-state index contributed by atoms with van der Waals surface area (Å²) >= 11 is 0. The summed E-state index contributed by atoms with van der Waals surface area (Å²) < 4.78 is 6.99. The van der Waals surface area contributed by atoms with Crippen LogP contribution < -0.4 is 10.1 Å². The molecule has 4 nitrogen and oxygen atoms in total. The van der Waals surface area contributed by atoms with Crippen LogP contribution in [0.1, 0.15) is 18.5 Å². The average Bonchev–Trinajstić information content (AvgIpc) is 2.87. The molecule has 17 heavy (non-hydrogen) atoms. The molecule has 0 amide bonds. The summed E-state index contributed by atoms with van der Waals surface area (Å²) in [5.74, 6) is 0.852. The van der Waals surface area contributed by atoms with Crippen molar-refractivity contribution in [2.45, 2.75) is 13.0 Å². The Kier molecular flexibility index (Phi) is 3.44. The molecule has 0 saturated heterocycles. The first-order valence-electron chi connectivity index (χ1n) is 5.61. The van der Waals surface area contributed by atoms with E-state index in [0.29, 0.717) is 6.04 Å². The van der Waals surface area contributed by atoms with Gasteiger partial charge in [0.2, 0.25) is 0 Å². The number of methoxy groups -OCH3 is 1. The zero-order valence-corrected chi connectivity index (χ0v) is 10.3. The summed E-state index contributed by atoms with van der Waals surface area (Å²) in [6.45, 7) is 2.11. The van der Waals surface area contributed by atoms with E-state index in [9.17, 15) is 0 Å². The Labute approximate surface area is 101 Å². The number of benzene rings is 1. The fraction of sp³-hybridized carbons (Fsp3) is 0.308. The van der Waals surface area contributed by atoms with Crippen molar-refractivity contribution in [2.24, 2.45) is 0 Å². The van der Waals surface area contributed by atoms with Crippen molar-refractivity contribution in [3.05, 3.63) is 42.2 Å². The van der Waals surface area contributed by atoms with Gasteiger partial charge in [0.05, 0.1) is 19.0 Å². The van der Waals surface area contributed by atoms with Gasteiger partial charge < -0.3 is 10.1 Å². The Morgan fingerprint density at radius 1 is 1.29 bits per heavy atom. The van der Waals surface area contributed by atoms with E-state index in [2.05, 4.69) is 17.3 Å². The lowest BCUT2D eigenvalue weighted by atomic mass is 10.2.